The fraction of sp³-hybridized carbons (Fsp3) is 0.538. The summed E-state index contributed by atoms with van der Waals surface area (Å²) in [6, 6.07) is 11.1. The van der Waals surface area contributed by atoms with Gasteiger partial charge in [0.2, 0.25) is 0 Å². The Morgan fingerprint density at radius 1 is 1.00 bits per heavy atom. The molecule has 0 spiro atoms. The SMILES string of the molecule is COc1ccc(C(CN2CCNCC2)C2(O)CCCCC2)cc1-c1ccc(C(F)(F)F)cc1.Cl.Cl. The van der Waals surface area contributed by atoms with Crippen molar-refractivity contribution in [3.05, 3.63) is 53.6 Å². The topological polar surface area (TPSA) is 44.7 Å². The van der Waals surface area contributed by atoms with Crippen LogP contribution >= 0.6 is 24.8 Å². The number of hydrogen-bond acceptors (Lipinski definition) is 4. The Bertz CT molecular complexity index is 929. The molecule has 2 fully saturated rings. The average molecular weight is 535 g/mol. The Balaban J connectivity index is 0.00000216. The number of alkyl halides is 3. The van der Waals surface area contributed by atoms with Crippen molar-refractivity contribution in [3.63, 3.8) is 0 Å². The maximum atomic E-state index is 13.0. The lowest BCUT2D eigenvalue weighted by atomic mass is 9.72. The van der Waals surface area contributed by atoms with E-state index in [9.17, 15) is 18.3 Å². The summed E-state index contributed by atoms with van der Waals surface area (Å²) in [5, 5.41) is 15.1. The maximum absolute atomic E-state index is 13.0. The Hall–Kier alpha value is -1.51. The highest BCUT2D eigenvalue weighted by molar-refractivity contribution is 5.85. The van der Waals surface area contributed by atoms with Crippen LogP contribution in [-0.2, 0) is 6.18 Å². The zero-order chi connectivity index (χ0) is 23.5. The molecule has 2 aromatic carbocycles. The minimum atomic E-state index is -4.37. The van der Waals surface area contributed by atoms with Crippen LogP contribution in [0.15, 0.2) is 42.5 Å². The molecule has 2 aliphatic rings. The average Bonchev–Trinajstić information content (AvgIpc) is 2.83. The molecule has 9 heteroatoms. The fourth-order valence-electron chi connectivity index (χ4n) is 5.26. The highest BCUT2D eigenvalue weighted by atomic mass is 35.5. The molecule has 0 amide bonds. The van der Waals surface area contributed by atoms with Crippen LogP contribution in [0.25, 0.3) is 11.1 Å². The first-order valence-corrected chi connectivity index (χ1v) is 11.8. The van der Waals surface area contributed by atoms with Gasteiger partial charge in [0, 0.05) is 44.2 Å². The number of methoxy groups -OCH3 is 1. The summed E-state index contributed by atoms with van der Waals surface area (Å²) in [5.74, 6) is 0.532. The number of rotatable bonds is 6. The third-order valence-corrected chi connectivity index (χ3v) is 7.17. The highest BCUT2D eigenvalue weighted by Gasteiger charge is 2.40. The molecular weight excluding hydrogens is 500 g/mol. The Morgan fingerprint density at radius 2 is 1.63 bits per heavy atom. The van der Waals surface area contributed by atoms with Crippen LogP contribution in [-0.4, -0.2) is 55.4 Å². The first-order chi connectivity index (χ1) is 15.8. The minimum absolute atomic E-state index is 0. The molecule has 0 aromatic heterocycles. The number of benzene rings is 2. The molecule has 1 saturated carbocycles. The van der Waals surface area contributed by atoms with Crippen LogP contribution < -0.4 is 10.1 Å². The largest absolute Gasteiger partial charge is 0.496 e. The number of hydrogen-bond donors (Lipinski definition) is 2. The van der Waals surface area contributed by atoms with Gasteiger partial charge in [-0.25, -0.2) is 0 Å². The van der Waals surface area contributed by atoms with Crippen molar-refractivity contribution in [2.45, 2.75) is 49.8 Å². The van der Waals surface area contributed by atoms with Gasteiger partial charge in [0.15, 0.2) is 0 Å². The smallest absolute Gasteiger partial charge is 0.416 e. The standard InChI is InChI=1S/C26H33F3N2O2.2ClH/c1-33-24-10-7-20(17-22(24)19-5-8-21(9-6-19)26(27,28)29)23(18-31-15-13-30-14-16-31)25(32)11-3-2-4-12-25;;/h5-10,17,23,30,32H,2-4,11-16,18H2,1H3;2*1H. The Labute approximate surface area is 218 Å². The van der Waals surface area contributed by atoms with E-state index < -0.39 is 17.3 Å². The minimum Gasteiger partial charge on any atom is -0.496 e. The normalized spacial score (nSPS) is 19.2. The fourth-order valence-corrected chi connectivity index (χ4v) is 5.26. The van der Waals surface area contributed by atoms with Crippen LogP contribution in [0.4, 0.5) is 13.2 Å². The molecule has 0 bridgehead atoms. The molecule has 35 heavy (non-hydrogen) atoms. The van der Waals surface area contributed by atoms with Gasteiger partial charge in [0.1, 0.15) is 5.75 Å². The second kappa shape index (κ2) is 12.6. The molecule has 1 aliphatic heterocycles. The van der Waals surface area contributed by atoms with Crippen molar-refractivity contribution in [2.75, 3.05) is 39.8 Å². The van der Waals surface area contributed by atoms with E-state index in [-0.39, 0.29) is 30.7 Å². The van der Waals surface area contributed by atoms with E-state index in [4.69, 9.17) is 4.74 Å². The van der Waals surface area contributed by atoms with Gasteiger partial charge in [-0.05, 0) is 48.2 Å². The molecule has 4 nitrogen and oxygen atoms in total. The van der Waals surface area contributed by atoms with E-state index >= 15 is 0 Å². The van der Waals surface area contributed by atoms with Gasteiger partial charge in [0.25, 0.3) is 0 Å². The second-order valence-electron chi connectivity index (χ2n) is 9.30. The molecule has 1 unspecified atom stereocenters. The van der Waals surface area contributed by atoms with Crippen LogP contribution in [0, 0.1) is 0 Å². The highest BCUT2D eigenvalue weighted by Crippen LogP contribution is 2.43. The van der Waals surface area contributed by atoms with Crippen molar-refractivity contribution in [3.8, 4) is 16.9 Å². The first-order valence-electron chi connectivity index (χ1n) is 11.8. The number of nitrogens with zero attached hydrogens (tertiary/aromatic N) is 1. The number of ether oxygens (including phenoxy) is 1. The predicted molar refractivity (Wildman–Crippen MR) is 138 cm³/mol. The van der Waals surface area contributed by atoms with E-state index in [1.54, 1.807) is 7.11 Å². The zero-order valence-corrected chi connectivity index (χ0v) is 21.6. The number of piperazine rings is 1. The van der Waals surface area contributed by atoms with Gasteiger partial charge < -0.3 is 20.1 Å². The van der Waals surface area contributed by atoms with Crippen molar-refractivity contribution < 1.29 is 23.0 Å². The summed E-state index contributed by atoms with van der Waals surface area (Å²) in [7, 11) is 1.56. The van der Waals surface area contributed by atoms with Gasteiger partial charge in [-0.2, -0.15) is 13.2 Å². The van der Waals surface area contributed by atoms with E-state index in [2.05, 4.69) is 10.2 Å². The number of halogens is 5. The lowest BCUT2D eigenvalue weighted by Gasteiger charge is -2.42. The monoisotopic (exact) mass is 534 g/mol. The van der Waals surface area contributed by atoms with Gasteiger partial charge in [-0.3, -0.25) is 0 Å². The number of aliphatic hydroxyl groups is 1. The second-order valence-corrected chi connectivity index (χ2v) is 9.30. The predicted octanol–water partition coefficient (Wildman–Crippen LogP) is 5.91. The molecule has 4 rings (SSSR count). The molecule has 1 aliphatic carbocycles. The molecular formula is C26H35Cl2F3N2O2. The van der Waals surface area contributed by atoms with E-state index in [1.165, 1.54) is 12.1 Å². The van der Waals surface area contributed by atoms with Crippen LogP contribution in [0.5, 0.6) is 5.75 Å². The first kappa shape index (κ1) is 29.7. The summed E-state index contributed by atoms with van der Waals surface area (Å²) < 4.78 is 44.7. The third kappa shape index (κ3) is 7.04. The van der Waals surface area contributed by atoms with Crippen molar-refractivity contribution in [1.29, 1.82) is 0 Å². The molecule has 0 radical (unpaired) electrons. The van der Waals surface area contributed by atoms with Crippen LogP contribution in [0.1, 0.15) is 49.1 Å². The van der Waals surface area contributed by atoms with Crippen molar-refractivity contribution in [1.82, 2.24) is 10.2 Å². The van der Waals surface area contributed by atoms with E-state index in [0.717, 1.165) is 88.1 Å². The maximum Gasteiger partial charge on any atom is 0.416 e. The van der Waals surface area contributed by atoms with E-state index in [1.807, 2.05) is 18.2 Å². The van der Waals surface area contributed by atoms with E-state index in [0.29, 0.717) is 11.3 Å². The summed E-state index contributed by atoms with van der Waals surface area (Å²) in [4.78, 5) is 2.40. The van der Waals surface area contributed by atoms with Crippen molar-refractivity contribution >= 4 is 24.8 Å². The molecule has 196 valence electrons. The molecule has 2 N–H and O–H groups in total. The number of nitrogens with one attached hydrogen (secondary N) is 1. The van der Waals surface area contributed by atoms with Crippen LogP contribution in [0.3, 0.4) is 0 Å². The quantitative estimate of drug-likeness (QED) is 0.483. The van der Waals surface area contributed by atoms with Crippen LogP contribution in [0.2, 0.25) is 0 Å². The van der Waals surface area contributed by atoms with Gasteiger partial charge >= 0.3 is 6.18 Å². The van der Waals surface area contributed by atoms with Gasteiger partial charge in [-0.15, -0.1) is 24.8 Å². The molecule has 1 heterocycles. The Kier molecular flexibility index (Phi) is 10.7. The summed E-state index contributed by atoms with van der Waals surface area (Å²) >= 11 is 0. The van der Waals surface area contributed by atoms with Gasteiger partial charge in [0.05, 0.1) is 18.3 Å². The molecule has 1 saturated heterocycles. The lowest BCUT2D eigenvalue weighted by molar-refractivity contribution is -0.137. The summed E-state index contributed by atoms with van der Waals surface area (Å²) in [6.07, 6.45) is 0.328. The molecule has 2 aromatic rings. The third-order valence-electron chi connectivity index (χ3n) is 7.17. The lowest BCUT2D eigenvalue weighted by Crippen LogP contribution is -2.49. The van der Waals surface area contributed by atoms with Gasteiger partial charge in [-0.1, -0.05) is 37.5 Å². The zero-order valence-electron chi connectivity index (χ0n) is 19.9. The summed E-state index contributed by atoms with van der Waals surface area (Å²) in [5.41, 5.74) is 0.963. The Morgan fingerprint density at radius 3 is 2.20 bits per heavy atom. The summed E-state index contributed by atoms with van der Waals surface area (Å²) in [6.45, 7) is 4.51. The molecule has 1 atom stereocenters. The van der Waals surface area contributed by atoms with Crippen molar-refractivity contribution in [2.24, 2.45) is 0 Å².